The van der Waals surface area contributed by atoms with Gasteiger partial charge in [0.25, 0.3) is 0 Å². The minimum atomic E-state index is 0.276. The number of piperidine rings is 1. The smallest absolute Gasteiger partial charge is 0.119 e. The van der Waals surface area contributed by atoms with Crippen LogP contribution in [0.15, 0.2) is 48.5 Å². The Kier molecular flexibility index (Phi) is 5.76. The highest BCUT2D eigenvalue weighted by Gasteiger charge is 2.19. The molecule has 1 aliphatic rings. The van der Waals surface area contributed by atoms with E-state index in [0.717, 1.165) is 31.3 Å². The Morgan fingerprint density at radius 3 is 2.54 bits per heavy atom. The predicted molar refractivity (Wildman–Crippen MR) is 97.6 cm³/mol. The molecule has 1 heterocycles. The van der Waals surface area contributed by atoms with Crippen molar-refractivity contribution < 1.29 is 9.84 Å². The summed E-state index contributed by atoms with van der Waals surface area (Å²) in [6.45, 7) is 6.16. The zero-order chi connectivity index (χ0) is 16.8. The Hall–Kier alpha value is -2.00. The van der Waals surface area contributed by atoms with Crippen molar-refractivity contribution >= 4 is 0 Å². The van der Waals surface area contributed by atoms with Crippen LogP contribution in [0.2, 0.25) is 0 Å². The number of aryl methyl sites for hydroxylation is 1. The van der Waals surface area contributed by atoms with Crippen LogP contribution in [-0.4, -0.2) is 36.2 Å². The zero-order valence-corrected chi connectivity index (χ0v) is 14.4. The van der Waals surface area contributed by atoms with Crippen LogP contribution >= 0.6 is 0 Å². The summed E-state index contributed by atoms with van der Waals surface area (Å²) in [4.78, 5) is 2.49. The molecule has 24 heavy (non-hydrogen) atoms. The Morgan fingerprint density at radius 2 is 1.83 bits per heavy atom. The molecule has 0 saturated carbocycles. The Morgan fingerprint density at radius 1 is 1.08 bits per heavy atom. The van der Waals surface area contributed by atoms with Crippen LogP contribution in [0.5, 0.6) is 11.5 Å². The van der Waals surface area contributed by atoms with E-state index >= 15 is 0 Å². The quantitative estimate of drug-likeness (QED) is 0.870. The van der Waals surface area contributed by atoms with Crippen LogP contribution in [0.4, 0.5) is 0 Å². The summed E-state index contributed by atoms with van der Waals surface area (Å²) in [7, 11) is 0. The van der Waals surface area contributed by atoms with Crippen molar-refractivity contribution in [1.29, 1.82) is 0 Å². The summed E-state index contributed by atoms with van der Waals surface area (Å²) >= 11 is 0. The Balaban J connectivity index is 1.36. The summed E-state index contributed by atoms with van der Waals surface area (Å²) in [6, 6.07) is 15.8. The second-order valence-electron chi connectivity index (χ2n) is 6.82. The lowest BCUT2D eigenvalue weighted by Crippen LogP contribution is -2.37. The summed E-state index contributed by atoms with van der Waals surface area (Å²) in [6.07, 6.45) is 3.75. The van der Waals surface area contributed by atoms with Crippen molar-refractivity contribution in [2.45, 2.75) is 26.2 Å². The molecule has 1 aliphatic heterocycles. The van der Waals surface area contributed by atoms with Crippen molar-refractivity contribution in [2.75, 3.05) is 26.2 Å². The van der Waals surface area contributed by atoms with Gasteiger partial charge in [-0.15, -0.1) is 0 Å². The maximum Gasteiger partial charge on any atom is 0.119 e. The van der Waals surface area contributed by atoms with Crippen LogP contribution in [0.25, 0.3) is 0 Å². The molecule has 1 saturated heterocycles. The first-order valence-electron chi connectivity index (χ1n) is 8.89. The molecule has 0 aliphatic carbocycles. The normalized spacial score (nSPS) is 16.2. The van der Waals surface area contributed by atoms with Crippen LogP contribution in [-0.2, 0) is 6.42 Å². The largest absolute Gasteiger partial charge is 0.508 e. The molecular weight excluding hydrogens is 298 g/mol. The maximum atomic E-state index is 9.27. The van der Waals surface area contributed by atoms with Gasteiger partial charge in [-0.3, -0.25) is 4.90 Å². The molecule has 0 radical (unpaired) electrons. The number of ether oxygens (including phenoxy) is 1. The number of rotatable bonds is 6. The van der Waals surface area contributed by atoms with Gasteiger partial charge in [0.1, 0.15) is 18.1 Å². The standard InChI is InChI=1S/C21H27NO2/c1-17-3-2-4-19(15-17)16-18-9-11-22(12-10-18)13-14-24-21-7-5-20(23)6-8-21/h2-8,15,18,23H,9-14,16H2,1H3. The molecular formula is C21H27NO2. The zero-order valence-electron chi connectivity index (χ0n) is 14.4. The molecule has 128 valence electrons. The lowest BCUT2D eigenvalue weighted by atomic mass is 9.90. The van der Waals surface area contributed by atoms with Crippen molar-refractivity contribution in [3.8, 4) is 11.5 Å². The van der Waals surface area contributed by atoms with Gasteiger partial charge in [0.05, 0.1) is 0 Å². The second-order valence-corrected chi connectivity index (χ2v) is 6.82. The van der Waals surface area contributed by atoms with Gasteiger partial charge < -0.3 is 9.84 Å². The van der Waals surface area contributed by atoms with E-state index in [0.29, 0.717) is 6.61 Å². The van der Waals surface area contributed by atoms with Gasteiger partial charge in [-0.2, -0.15) is 0 Å². The van der Waals surface area contributed by atoms with E-state index in [4.69, 9.17) is 4.74 Å². The monoisotopic (exact) mass is 325 g/mol. The van der Waals surface area contributed by atoms with Gasteiger partial charge in [0, 0.05) is 6.54 Å². The van der Waals surface area contributed by atoms with E-state index in [-0.39, 0.29) is 5.75 Å². The van der Waals surface area contributed by atoms with Crippen molar-refractivity contribution in [3.63, 3.8) is 0 Å². The minimum Gasteiger partial charge on any atom is -0.508 e. The molecule has 0 atom stereocenters. The molecule has 0 aromatic heterocycles. The molecule has 0 spiro atoms. The number of benzene rings is 2. The van der Waals surface area contributed by atoms with Gasteiger partial charge >= 0.3 is 0 Å². The fraction of sp³-hybridized carbons (Fsp3) is 0.429. The van der Waals surface area contributed by atoms with Gasteiger partial charge in [-0.05, 0) is 75.0 Å². The van der Waals surface area contributed by atoms with Gasteiger partial charge in [-0.25, -0.2) is 0 Å². The molecule has 3 nitrogen and oxygen atoms in total. The highest BCUT2D eigenvalue weighted by atomic mass is 16.5. The molecule has 3 heteroatoms. The van der Waals surface area contributed by atoms with Crippen LogP contribution in [0.1, 0.15) is 24.0 Å². The first kappa shape index (κ1) is 16.8. The molecule has 1 N–H and O–H groups in total. The van der Waals surface area contributed by atoms with Crippen molar-refractivity contribution in [3.05, 3.63) is 59.7 Å². The average molecular weight is 325 g/mol. The first-order valence-corrected chi connectivity index (χ1v) is 8.89. The van der Waals surface area contributed by atoms with E-state index in [2.05, 4.69) is 36.1 Å². The molecule has 2 aromatic carbocycles. The minimum absolute atomic E-state index is 0.276. The number of hydrogen-bond acceptors (Lipinski definition) is 3. The highest BCUT2D eigenvalue weighted by molar-refractivity contribution is 5.30. The second kappa shape index (κ2) is 8.20. The molecule has 0 unspecified atom stereocenters. The highest BCUT2D eigenvalue weighted by Crippen LogP contribution is 2.22. The molecule has 3 rings (SSSR count). The maximum absolute atomic E-state index is 9.27. The van der Waals surface area contributed by atoms with Gasteiger partial charge in [-0.1, -0.05) is 29.8 Å². The molecule has 1 fully saturated rings. The van der Waals surface area contributed by atoms with Crippen molar-refractivity contribution in [2.24, 2.45) is 5.92 Å². The van der Waals surface area contributed by atoms with E-state index in [1.165, 1.54) is 30.4 Å². The van der Waals surface area contributed by atoms with E-state index in [9.17, 15) is 5.11 Å². The first-order chi connectivity index (χ1) is 11.7. The lowest BCUT2D eigenvalue weighted by Gasteiger charge is -2.32. The van der Waals surface area contributed by atoms with Gasteiger partial charge in [0.2, 0.25) is 0 Å². The fourth-order valence-corrected chi connectivity index (χ4v) is 3.42. The fourth-order valence-electron chi connectivity index (χ4n) is 3.42. The average Bonchev–Trinajstić information content (AvgIpc) is 2.58. The summed E-state index contributed by atoms with van der Waals surface area (Å²) in [5.74, 6) is 1.90. The summed E-state index contributed by atoms with van der Waals surface area (Å²) in [5.41, 5.74) is 2.83. The predicted octanol–water partition coefficient (Wildman–Crippen LogP) is 4.03. The number of phenols is 1. The van der Waals surface area contributed by atoms with Crippen LogP contribution < -0.4 is 4.74 Å². The number of likely N-dealkylation sites (tertiary alicyclic amines) is 1. The van der Waals surface area contributed by atoms with E-state index < -0.39 is 0 Å². The van der Waals surface area contributed by atoms with E-state index in [1.54, 1.807) is 12.1 Å². The molecule has 0 bridgehead atoms. The number of aromatic hydroxyl groups is 1. The lowest BCUT2D eigenvalue weighted by molar-refractivity contribution is 0.155. The third kappa shape index (κ3) is 5.00. The van der Waals surface area contributed by atoms with E-state index in [1.807, 2.05) is 12.1 Å². The molecule has 2 aromatic rings. The van der Waals surface area contributed by atoms with Crippen LogP contribution in [0.3, 0.4) is 0 Å². The SMILES string of the molecule is Cc1cccc(CC2CCN(CCOc3ccc(O)cc3)CC2)c1. The third-order valence-corrected chi connectivity index (χ3v) is 4.83. The summed E-state index contributed by atoms with van der Waals surface area (Å²) < 4.78 is 5.75. The van der Waals surface area contributed by atoms with Gasteiger partial charge in [0.15, 0.2) is 0 Å². The molecule has 0 amide bonds. The number of hydrogen-bond donors (Lipinski definition) is 1. The number of nitrogens with zero attached hydrogens (tertiary/aromatic N) is 1. The summed E-state index contributed by atoms with van der Waals surface area (Å²) in [5, 5.41) is 9.27. The van der Waals surface area contributed by atoms with Crippen LogP contribution in [0, 0.1) is 12.8 Å². The third-order valence-electron chi connectivity index (χ3n) is 4.83. The Labute approximate surface area is 144 Å². The topological polar surface area (TPSA) is 32.7 Å². The van der Waals surface area contributed by atoms with Crippen molar-refractivity contribution in [1.82, 2.24) is 4.90 Å². The number of phenolic OH excluding ortho intramolecular Hbond substituents is 1. The Bertz CT molecular complexity index is 631.